The van der Waals surface area contributed by atoms with Crippen molar-refractivity contribution in [1.29, 1.82) is 0 Å². The van der Waals surface area contributed by atoms with Crippen molar-refractivity contribution in [2.24, 2.45) is 4.99 Å². The van der Waals surface area contributed by atoms with E-state index in [9.17, 15) is 26.7 Å². The molecule has 3 aromatic rings. The van der Waals surface area contributed by atoms with E-state index >= 15 is 0 Å². The van der Waals surface area contributed by atoms with Gasteiger partial charge in [0.1, 0.15) is 11.4 Å². The molecule has 10 nitrogen and oxygen atoms in total. The number of aliphatic imine (C=N–C) groups is 1. The molecule has 2 aromatic carbocycles. The minimum atomic E-state index is -4.52. The largest absolute Gasteiger partial charge is 1.00 e. The maximum absolute atomic E-state index is 12.7. The summed E-state index contributed by atoms with van der Waals surface area (Å²) >= 11 is 0. The number of fused-ring (bicyclic) bond motifs is 2. The Bertz CT molecular complexity index is 1460. The molecule has 4 rings (SSSR count). The van der Waals surface area contributed by atoms with Crippen molar-refractivity contribution in [3.63, 3.8) is 0 Å². The third kappa shape index (κ3) is 5.19. The van der Waals surface area contributed by atoms with Crippen LogP contribution < -0.4 is 59.1 Å². The number of aromatic amines is 1. The summed E-state index contributed by atoms with van der Waals surface area (Å²) in [6, 6.07) is 6.73. The third-order valence-electron chi connectivity index (χ3n) is 4.24. The van der Waals surface area contributed by atoms with Crippen LogP contribution in [-0.2, 0) is 20.2 Å². The van der Waals surface area contributed by atoms with E-state index in [-0.39, 0.29) is 113 Å². The second-order valence-corrected chi connectivity index (χ2v) is 8.82. The van der Waals surface area contributed by atoms with Crippen LogP contribution in [-0.4, -0.2) is 64.9 Å². The first kappa shape index (κ1) is 28.5. The smallest absolute Gasteiger partial charge is 1.00 e. The van der Waals surface area contributed by atoms with Gasteiger partial charge in [-0.25, -0.2) is 4.99 Å². The number of aromatic nitrogens is 1. The molecule has 0 fully saturated rings. The maximum Gasteiger partial charge on any atom is 1.00 e. The van der Waals surface area contributed by atoms with Crippen LogP contribution in [0.3, 0.4) is 0 Å². The van der Waals surface area contributed by atoms with Gasteiger partial charge >= 0.3 is 59.1 Å². The summed E-state index contributed by atoms with van der Waals surface area (Å²) in [5, 5.41) is 10.5. The average molecular weight is 497 g/mol. The monoisotopic (exact) mass is 497 g/mol. The molecule has 31 heavy (non-hydrogen) atoms. The van der Waals surface area contributed by atoms with E-state index in [4.69, 9.17) is 9.11 Å². The molecule has 1 aliphatic heterocycles. The summed E-state index contributed by atoms with van der Waals surface area (Å²) in [5.74, 6) is -1.16. The van der Waals surface area contributed by atoms with Crippen LogP contribution in [0.1, 0.15) is 18.9 Å². The molecular formula is C16H12AlN2Na2O8S2. The number of H-pyrrole nitrogens is 1. The molecule has 0 unspecified atom stereocenters. The molecule has 2 heterocycles. The fourth-order valence-electron chi connectivity index (χ4n) is 2.91. The molecule has 151 valence electrons. The number of hydrogen-bond acceptors (Lipinski definition) is 7. The minimum Gasteiger partial charge on any atom is -1.00 e. The summed E-state index contributed by atoms with van der Waals surface area (Å²) in [6.07, 6.45) is 0. The number of nitrogens with zero attached hydrogens (tertiary/aromatic N) is 1. The maximum atomic E-state index is 12.7. The van der Waals surface area contributed by atoms with E-state index in [1.165, 1.54) is 12.1 Å². The Kier molecular flexibility index (Phi) is 8.98. The number of hydrogen-bond donors (Lipinski definition) is 4. The number of carbonyl (C=O) groups is 1. The molecule has 0 saturated carbocycles. The van der Waals surface area contributed by atoms with Gasteiger partial charge in [0.25, 0.3) is 20.2 Å². The predicted molar refractivity (Wildman–Crippen MR) is 105 cm³/mol. The van der Waals surface area contributed by atoms with Crippen molar-refractivity contribution >= 4 is 65.7 Å². The summed E-state index contributed by atoms with van der Waals surface area (Å²) in [4.78, 5) is 18.6. The molecule has 1 aromatic heterocycles. The summed E-state index contributed by atoms with van der Waals surface area (Å²) in [5.41, 5.74) is 0.0255. The molecule has 0 spiro atoms. The van der Waals surface area contributed by atoms with Crippen LogP contribution in [0.25, 0.3) is 10.9 Å². The quantitative estimate of drug-likeness (QED) is 0.207. The zero-order valence-electron chi connectivity index (χ0n) is 18.2. The minimum absolute atomic E-state index is 0. The molecule has 0 amide bonds. The zero-order valence-corrected chi connectivity index (χ0v) is 23.0. The number of benzene rings is 2. The van der Waals surface area contributed by atoms with Gasteiger partial charge in [0, 0.05) is 28.3 Å². The molecule has 0 atom stereocenters. The Labute approximate surface area is 234 Å². The summed E-state index contributed by atoms with van der Waals surface area (Å²) in [7, 11) is -9.02. The number of Topliss-reactive ketones (excluding diaryl/α,β-unsaturated/α-hetero) is 1. The van der Waals surface area contributed by atoms with Crippen LogP contribution in [0.4, 0.5) is 5.69 Å². The first-order valence-corrected chi connectivity index (χ1v) is 10.4. The standard InChI is InChI=1S/C16H10N2O8S2.Al.2Na.2H/c19-15-9-5-7(27(21,22)23)1-3-11(9)17-13(15)14-16(20)10-6-8(28(24,25)26)2-4-12(10)18-14;;;;;/h1-6,17,19H,(H,21,22,23)(H,24,25,26);;;;;/q;;2*+1;2*-1. The summed E-state index contributed by atoms with van der Waals surface area (Å²) < 4.78 is 63.4. The van der Waals surface area contributed by atoms with Gasteiger partial charge in [-0.1, -0.05) is 0 Å². The average Bonchev–Trinajstić information content (AvgIpc) is 3.10. The first-order valence-electron chi connectivity index (χ1n) is 7.54. The topological polar surface area (TPSA) is 174 Å². The van der Waals surface area contributed by atoms with Gasteiger partial charge in [0.15, 0.2) is 5.75 Å². The Balaban J connectivity index is 0. The second kappa shape index (κ2) is 9.76. The Morgan fingerprint density at radius 3 is 2.03 bits per heavy atom. The van der Waals surface area contributed by atoms with Crippen molar-refractivity contribution in [1.82, 2.24) is 4.98 Å². The van der Waals surface area contributed by atoms with Crippen LogP contribution in [0.15, 0.2) is 51.2 Å². The number of ketones is 1. The van der Waals surface area contributed by atoms with Gasteiger partial charge in [-0.2, -0.15) is 16.8 Å². The Hall–Kier alpha value is -0.528. The normalized spacial score (nSPS) is 13.0. The van der Waals surface area contributed by atoms with Gasteiger partial charge in [-0.05, 0) is 36.4 Å². The van der Waals surface area contributed by atoms with E-state index in [0.717, 1.165) is 24.3 Å². The fraction of sp³-hybridized carbons (Fsp3) is 0. The van der Waals surface area contributed by atoms with Crippen LogP contribution in [0, 0.1) is 0 Å². The Morgan fingerprint density at radius 1 is 0.903 bits per heavy atom. The van der Waals surface area contributed by atoms with Crippen molar-refractivity contribution in [3.8, 4) is 5.75 Å². The molecular weight excluding hydrogens is 485 g/mol. The van der Waals surface area contributed by atoms with E-state index in [2.05, 4.69) is 9.98 Å². The van der Waals surface area contributed by atoms with Crippen molar-refractivity contribution in [3.05, 3.63) is 47.7 Å². The van der Waals surface area contributed by atoms with Gasteiger partial charge < -0.3 is 12.9 Å². The molecule has 0 bridgehead atoms. The number of aromatic hydroxyl groups is 1. The van der Waals surface area contributed by atoms with Gasteiger partial charge in [0.05, 0.1) is 21.0 Å². The predicted octanol–water partition coefficient (Wildman–Crippen LogP) is -4.46. The molecule has 4 N–H and O–H groups in total. The van der Waals surface area contributed by atoms with Gasteiger partial charge in [-0.15, -0.1) is 0 Å². The van der Waals surface area contributed by atoms with Crippen molar-refractivity contribution < 1.29 is 97.8 Å². The van der Waals surface area contributed by atoms with Crippen LogP contribution in [0.2, 0.25) is 0 Å². The first-order chi connectivity index (χ1) is 13.0. The zero-order chi connectivity index (χ0) is 20.4. The van der Waals surface area contributed by atoms with Gasteiger partial charge in [-0.3, -0.25) is 13.9 Å². The molecule has 1 aliphatic rings. The van der Waals surface area contributed by atoms with E-state index < -0.39 is 41.6 Å². The molecule has 0 saturated heterocycles. The Morgan fingerprint density at radius 2 is 1.45 bits per heavy atom. The second-order valence-electron chi connectivity index (χ2n) is 5.97. The van der Waals surface area contributed by atoms with Crippen molar-refractivity contribution in [2.45, 2.75) is 9.79 Å². The van der Waals surface area contributed by atoms with Crippen LogP contribution in [0.5, 0.6) is 5.75 Å². The third-order valence-corrected chi connectivity index (χ3v) is 5.93. The number of nitrogens with one attached hydrogen (secondary N) is 1. The number of carbonyl (C=O) groups excluding carboxylic acids is 1. The fourth-order valence-corrected chi connectivity index (χ4v) is 3.93. The summed E-state index contributed by atoms with van der Waals surface area (Å²) in [6.45, 7) is 0. The SMILES string of the molecule is O=C1C(c2[nH]c3ccc(S(=O)(=O)O)cc3c2O)=Nc2ccc(S(=O)(=O)O)cc21.[Al].[H-].[H-].[Na+].[Na+]. The van der Waals surface area contributed by atoms with Gasteiger partial charge in [0.2, 0.25) is 5.78 Å². The molecule has 0 aliphatic carbocycles. The van der Waals surface area contributed by atoms with E-state index in [1.54, 1.807) is 0 Å². The molecule has 15 heteroatoms. The molecule has 3 radical (unpaired) electrons. The van der Waals surface area contributed by atoms with E-state index in [0.29, 0.717) is 0 Å². The van der Waals surface area contributed by atoms with Crippen molar-refractivity contribution in [2.75, 3.05) is 0 Å². The van der Waals surface area contributed by atoms with E-state index in [1.807, 2.05) is 0 Å². The van der Waals surface area contributed by atoms with Crippen LogP contribution >= 0.6 is 0 Å². The number of rotatable bonds is 3.